The van der Waals surface area contributed by atoms with Crippen molar-refractivity contribution < 1.29 is 4.74 Å². The van der Waals surface area contributed by atoms with E-state index in [2.05, 4.69) is 81.4 Å². The van der Waals surface area contributed by atoms with Gasteiger partial charge >= 0.3 is 0 Å². The highest BCUT2D eigenvalue weighted by Crippen LogP contribution is 2.64. The van der Waals surface area contributed by atoms with Gasteiger partial charge in [-0.2, -0.15) is 5.26 Å². The molecule has 0 saturated heterocycles. The summed E-state index contributed by atoms with van der Waals surface area (Å²) in [6.45, 7) is 7.13. The molecule has 2 nitrogen and oxygen atoms in total. The van der Waals surface area contributed by atoms with Crippen molar-refractivity contribution in [2.24, 2.45) is 5.41 Å². The zero-order valence-electron chi connectivity index (χ0n) is 18.7. The van der Waals surface area contributed by atoms with Gasteiger partial charge in [-0.3, -0.25) is 0 Å². The van der Waals surface area contributed by atoms with Gasteiger partial charge in [0, 0.05) is 12.3 Å². The lowest BCUT2D eigenvalue weighted by Gasteiger charge is -2.17. The van der Waals surface area contributed by atoms with Crippen LogP contribution in [0.3, 0.4) is 0 Å². The van der Waals surface area contributed by atoms with Gasteiger partial charge in [-0.15, -0.1) is 0 Å². The fourth-order valence-electron chi connectivity index (χ4n) is 5.61. The van der Waals surface area contributed by atoms with Crippen LogP contribution < -0.4 is 4.74 Å². The van der Waals surface area contributed by atoms with Gasteiger partial charge in [-0.1, -0.05) is 42.5 Å². The molecule has 2 aliphatic rings. The van der Waals surface area contributed by atoms with Crippen LogP contribution in [0.25, 0.3) is 11.1 Å². The lowest BCUT2D eigenvalue weighted by molar-refractivity contribution is 0.305. The Kier molecular flexibility index (Phi) is 4.86. The van der Waals surface area contributed by atoms with E-state index in [1.807, 2.05) is 0 Å². The third kappa shape index (κ3) is 3.43. The summed E-state index contributed by atoms with van der Waals surface area (Å²) in [7, 11) is 0. The Balaban J connectivity index is 1.38. The lowest BCUT2D eigenvalue weighted by Crippen LogP contribution is -2.07. The molecule has 1 saturated carbocycles. The molecule has 156 valence electrons. The Bertz CT molecular complexity index is 1180. The summed E-state index contributed by atoms with van der Waals surface area (Å²) in [5.41, 5.74) is 10.9. The molecule has 3 aromatic rings. The molecule has 0 bridgehead atoms. The van der Waals surface area contributed by atoms with Crippen LogP contribution in [0.1, 0.15) is 58.6 Å². The number of nitrogens with zero attached hydrogens (tertiary/aromatic N) is 1. The minimum absolute atomic E-state index is 0.368. The van der Waals surface area contributed by atoms with E-state index >= 15 is 0 Å². The van der Waals surface area contributed by atoms with E-state index in [4.69, 9.17) is 4.74 Å². The molecule has 1 fully saturated rings. The normalized spacial score (nSPS) is 17.9. The summed E-state index contributed by atoms with van der Waals surface area (Å²) < 4.78 is 6.27. The van der Waals surface area contributed by atoms with Crippen molar-refractivity contribution in [2.75, 3.05) is 0 Å². The molecule has 0 aromatic heterocycles. The molecule has 1 unspecified atom stereocenters. The molecule has 0 aliphatic heterocycles. The largest absolute Gasteiger partial charge is 0.489 e. The molecule has 31 heavy (non-hydrogen) atoms. The summed E-state index contributed by atoms with van der Waals surface area (Å²) in [6, 6.07) is 21.9. The van der Waals surface area contributed by atoms with Crippen LogP contribution in [0, 0.1) is 37.5 Å². The first kappa shape index (κ1) is 19.9. The molecule has 5 rings (SSSR count). The summed E-state index contributed by atoms with van der Waals surface area (Å²) >= 11 is 0. The molecule has 1 atom stereocenters. The van der Waals surface area contributed by atoms with Crippen molar-refractivity contribution in [1.82, 2.24) is 0 Å². The molecular weight excluding hydrogens is 378 g/mol. The third-order valence-corrected chi connectivity index (χ3v) is 7.55. The Labute approximate surface area is 185 Å². The molecule has 1 spiro atoms. The predicted molar refractivity (Wildman–Crippen MR) is 125 cm³/mol. The highest BCUT2D eigenvalue weighted by molar-refractivity contribution is 5.74. The average Bonchev–Trinajstić information content (AvgIpc) is 3.46. The van der Waals surface area contributed by atoms with Crippen LogP contribution >= 0.6 is 0 Å². The Morgan fingerprint density at radius 3 is 2.45 bits per heavy atom. The molecule has 0 amide bonds. The minimum Gasteiger partial charge on any atom is -0.489 e. The van der Waals surface area contributed by atoms with Crippen LogP contribution in [0.4, 0.5) is 0 Å². The van der Waals surface area contributed by atoms with Gasteiger partial charge in [-0.05, 0) is 102 Å². The maximum atomic E-state index is 9.27. The molecule has 2 aliphatic carbocycles. The van der Waals surface area contributed by atoms with Gasteiger partial charge in [0.2, 0.25) is 0 Å². The van der Waals surface area contributed by atoms with Crippen molar-refractivity contribution in [3.8, 4) is 22.9 Å². The molecular formula is C29H29NO. The standard InChI is InChI=1S/C29H29NO/c1-19-6-4-7-20(2)28(19)25-9-5-8-22(21(25)3)18-31-24-10-11-26-23(16-24)17-29(13-14-29)27(26)12-15-30/h4-11,16,27H,12-14,17-18H2,1-3H3. The number of aryl methyl sites for hydroxylation is 2. The van der Waals surface area contributed by atoms with Crippen LogP contribution in [0.2, 0.25) is 0 Å². The smallest absolute Gasteiger partial charge is 0.120 e. The number of rotatable bonds is 5. The second-order valence-electron chi connectivity index (χ2n) is 9.46. The number of fused-ring (bicyclic) bond motifs is 1. The third-order valence-electron chi connectivity index (χ3n) is 7.55. The topological polar surface area (TPSA) is 33.0 Å². The molecule has 0 radical (unpaired) electrons. The van der Waals surface area contributed by atoms with Crippen molar-refractivity contribution in [1.29, 1.82) is 5.26 Å². The van der Waals surface area contributed by atoms with Crippen LogP contribution in [-0.2, 0) is 13.0 Å². The van der Waals surface area contributed by atoms with Gasteiger partial charge in [-0.25, -0.2) is 0 Å². The van der Waals surface area contributed by atoms with Gasteiger partial charge in [0.1, 0.15) is 12.4 Å². The van der Waals surface area contributed by atoms with Crippen molar-refractivity contribution in [2.45, 2.75) is 59.0 Å². The quantitative estimate of drug-likeness (QED) is 0.448. The lowest BCUT2D eigenvalue weighted by atomic mass is 9.87. The summed E-state index contributed by atoms with van der Waals surface area (Å²) in [5.74, 6) is 1.35. The number of ether oxygens (including phenoxy) is 1. The van der Waals surface area contributed by atoms with Crippen molar-refractivity contribution in [3.05, 3.63) is 88.0 Å². The van der Waals surface area contributed by atoms with Crippen LogP contribution in [0.15, 0.2) is 54.6 Å². The maximum absolute atomic E-state index is 9.27. The Hall–Kier alpha value is -3.05. The number of hydrogen-bond acceptors (Lipinski definition) is 2. The van der Waals surface area contributed by atoms with E-state index in [1.54, 1.807) is 0 Å². The van der Waals surface area contributed by atoms with E-state index in [0.29, 0.717) is 24.4 Å². The Morgan fingerprint density at radius 1 is 1.00 bits per heavy atom. The van der Waals surface area contributed by atoms with E-state index in [0.717, 1.165) is 12.2 Å². The van der Waals surface area contributed by atoms with E-state index in [-0.39, 0.29) is 0 Å². The predicted octanol–water partition coefficient (Wildman–Crippen LogP) is 7.19. The van der Waals surface area contributed by atoms with Crippen LogP contribution in [0.5, 0.6) is 5.75 Å². The zero-order chi connectivity index (χ0) is 21.6. The number of nitriles is 1. The SMILES string of the molecule is Cc1cccc(C)c1-c1cccc(COc2ccc3c(c2)CC2(CC2)C3CC#N)c1C. The molecule has 3 aromatic carbocycles. The van der Waals surface area contributed by atoms with Crippen LogP contribution in [-0.4, -0.2) is 0 Å². The number of hydrogen-bond donors (Lipinski definition) is 0. The zero-order valence-corrected chi connectivity index (χ0v) is 18.7. The minimum atomic E-state index is 0.368. The molecule has 0 heterocycles. The van der Waals surface area contributed by atoms with Gasteiger partial charge in [0.25, 0.3) is 0 Å². The van der Waals surface area contributed by atoms with Gasteiger partial charge < -0.3 is 4.74 Å². The fraction of sp³-hybridized carbons (Fsp3) is 0.345. The first-order chi connectivity index (χ1) is 15.0. The second kappa shape index (κ2) is 7.57. The van der Waals surface area contributed by atoms with Gasteiger partial charge in [0.15, 0.2) is 0 Å². The van der Waals surface area contributed by atoms with E-state index < -0.39 is 0 Å². The summed E-state index contributed by atoms with van der Waals surface area (Å²) in [5, 5.41) is 9.27. The highest BCUT2D eigenvalue weighted by atomic mass is 16.5. The fourth-order valence-corrected chi connectivity index (χ4v) is 5.61. The van der Waals surface area contributed by atoms with E-state index in [1.165, 1.54) is 57.3 Å². The summed E-state index contributed by atoms with van der Waals surface area (Å²) in [4.78, 5) is 0. The van der Waals surface area contributed by atoms with Gasteiger partial charge in [0.05, 0.1) is 6.07 Å². The first-order valence-electron chi connectivity index (χ1n) is 11.3. The summed E-state index contributed by atoms with van der Waals surface area (Å²) in [6.07, 6.45) is 4.26. The average molecular weight is 408 g/mol. The van der Waals surface area contributed by atoms with E-state index in [9.17, 15) is 5.26 Å². The monoisotopic (exact) mass is 407 g/mol. The Morgan fingerprint density at radius 2 is 1.74 bits per heavy atom. The number of benzene rings is 3. The van der Waals surface area contributed by atoms with Crippen molar-refractivity contribution >= 4 is 0 Å². The van der Waals surface area contributed by atoms with Crippen molar-refractivity contribution in [3.63, 3.8) is 0 Å². The highest BCUT2D eigenvalue weighted by Gasteiger charge is 2.54. The first-order valence-corrected chi connectivity index (χ1v) is 11.3. The second-order valence-corrected chi connectivity index (χ2v) is 9.46. The molecule has 0 N–H and O–H groups in total. The maximum Gasteiger partial charge on any atom is 0.120 e. The molecule has 2 heteroatoms.